The van der Waals surface area contributed by atoms with Crippen LogP contribution in [0.1, 0.15) is 24.5 Å². The molecule has 0 bridgehead atoms. The first kappa shape index (κ1) is 23.6. The molecule has 3 aromatic rings. The van der Waals surface area contributed by atoms with Crippen molar-refractivity contribution in [3.8, 4) is 5.75 Å². The van der Waals surface area contributed by atoms with Gasteiger partial charge in [0, 0.05) is 10.7 Å². The number of ether oxygens (including phenoxy) is 1. The number of halogens is 1. The Morgan fingerprint density at radius 1 is 1.00 bits per heavy atom. The molecular weight excluding hydrogens is 448 g/mol. The Kier molecular flexibility index (Phi) is 7.43. The van der Waals surface area contributed by atoms with Crippen LogP contribution >= 0.6 is 11.6 Å². The van der Waals surface area contributed by atoms with Gasteiger partial charge < -0.3 is 10.1 Å². The van der Waals surface area contributed by atoms with Gasteiger partial charge in [0.25, 0.3) is 15.9 Å². The molecule has 3 rings (SSSR count). The first-order valence-electron chi connectivity index (χ1n) is 10.1. The molecule has 0 saturated carbocycles. The van der Waals surface area contributed by atoms with E-state index in [1.165, 1.54) is 12.1 Å². The summed E-state index contributed by atoms with van der Waals surface area (Å²) in [5.41, 5.74) is 2.89. The van der Waals surface area contributed by atoms with Crippen molar-refractivity contribution in [2.24, 2.45) is 0 Å². The molecule has 168 valence electrons. The quantitative estimate of drug-likeness (QED) is 0.450. The monoisotopic (exact) mass is 472 g/mol. The van der Waals surface area contributed by atoms with Crippen LogP contribution in [0.3, 0.4) is 0 Å². The minimum Gasteiger partial charge on any atom is -0.481 e. The molecule has 0 aliphatic rings. The van der Waals surface area contributed by atoms with Gasteiger partial charge in [0.1, 0.15) is 5.75 Å². The van der Waals surface area contributed by atoms with Crippen molar-refractivity contribution in [3.05, 3.63) is 82.9 Å². The second-order valence-corrected chi connectivity index (χ2v) is 9.53. The van der Waals surface area contributed by atoms with Crippen molar-refractivity contribution in [1.29, 1.82) is 0 Å². The Morgan fingerprint density at radius 3 is 2.25 bits per heavy atom. The highest BCUT2D eigenvalue weighted by Crippen LogP contribution is 2.22. The molecule has 2 N–H and O–H groups in total. The highest BCUT2D eigenvalue weighted by atomic mass is 35.5. The topological polar surface area (TPSA) is 84.5 Å². The smallest absolute Gasteiger partial charge is 0.265 e. The summed E-state index contributed by atoms with van der Waals surface area (Å²) in [7, 11) is -3.76. The maximum Gasteiger partial charge on any atom is 0.265 e. The van der Waals surface area contributed by atoms with E-state index in [0.717, 1.165) is 11.1 Å². The largest absolute Gasteiger partial charge is 0.481 e. The number of hydrogen-bond acceptors (Lipinski definition) is 4. The maximum absolute atomic E-state index is 12.7. The molecular formula is C24H25ClN2O4S. The molecule has 8 heteroatoms. The SMILES string of the molecule is CC[C@H](Oc1ccc(Cl)cc1)C(=O)Nc1ccc(S(=O)(=O)Nc2ccc(C)cc2C)cc1. The molecule has 0 radical (unpaired) electrons. The number of benzene rings is 3. The van der Waals surface area contributed by atoms with Gasteiger partial charge in [0.2, 0.25) is 0 Å². The minimum absolute atomic E-state index is 0.0972. The molecule has 0 heterocycles. The van der Waals surface area contributed by atoms with Crippen LogP contribution in [-0.2, 0) is 14.8 Å². The highest BCUT2D eigenvalue weighted by molar-refractivity contribution is 7.92. The number of carbonyl (C=O) groups is 1. The van der Waals surface area contributed by atoms with E-state index in [0.29, 0.717) is 28.6 Å². The van der Waals surface area contributed by atoms with Crippen LogP contribution < -0.4 is 14.8 Å². The lowest BCUT2D eigenvalue weighted by molar-refractivity contribution is -0.122. The fourth-order valence-corrected chi connectivity index (χ4v) is 4.33. The maximum atomic E-state index is 12.7. The minimum atomic E-state index is -3.76. The van der Waals surface area contributed by atoms with Crippen LogP contribution in [-0.4, -0.2) is 20.4 Å². The standard InChI is InChI=1S/C24H25ClN2O4S/c1-4-23(31-20-10-6-18(25)7-11-20)24(28)26-19-8-12-21(13-9-19)32(29,30)27-22-14-5-16(2)15-17(22)3/h5-15,23,27H,4H2,1-3H3,(H,26,28)/t23-/m0/s1. The van der Waals surface area contributed by atoms with Crippen molar-refractivity contribution < 1.29 is 17.9 Å². The zero-order chi connectivity index (χ0) is 23.3. The first-order valence-corrected chi connectivity index (χ1v) is 12.0. The second kappa shape index (κ2) is 10.1. The molecule has 0 fully saturated rings. The summed E-state index contributed by atoms with van der Waals surface area (Å²) in [6.45, 7) is 5.64. The van der Waals surface area contributed by atoms with Crippen LogP contribution in [0.2, 0.25) is 5.02 Å². The van der Waals surface area contributed by atoms with Crippen molar-refractivity contribution >= 4 is 38.9 Å². The molecule has 0 spiro atoms. The number of sulfonamides is 1. The van der Waals surface area contributed by atoms with E-state index in [1.807, 2.05) is 32.9 Å². The molecule has 0 saturated heterocycles. The normalized spacial score (nSPS) is 12.1. The number of nitrogens with one attached hydrogen (secondary N) is 2. The fraction of sp³-hybridized carbons (Fsp3) is 0.208. The van der Waals surface area contributed by atoms with E-state index in [2.05, 4.69) is 10.0 Å². The van der Waals surface area contributed by atoms with Crippen molar-refractivity contribution in [2.45, 2.75) is 38.2 Å². The van der Waals surface area contributed by atoms with E-state index < -0.39 is 16.1 Å². The van der Waals surface area contributed by atoms with Crippen LogP contribution in [0.4, 0.5) is 11.4 Å². The van der Waals surface area contributed by atoms with Crippen molar-refractivity contribution in [3.63, 3.8) is 0 Å². The van der Waals surface area contributed by atoms with Gasteiger partial charge in [0.15, 0.2) is 6.10 Å². The molecule has 0 unspecified atom stereocenters. The van der Waals surface area contributed by atoms with Gasteiger partial charge in [-0.15, -0.1) is 0 Å². The van der Waals surface area contributed by atoms with Crippen LogP contribution in [0, 0.1) is 13.8 Å². The van der Waals surface area contributed by atoms with Gasteiger partial charge in [-0.2, -0.15) is 0 Å². The Morgan fingerprint density at radius 2 is 1.66 bits per heavy atom. The molecule has 0 aliphatic carbocycles. The third-order valence-corrected chi connectivity index (χ3v) is 6.45. The van der Waals surface area contributed by atoms with Gasteiger partial charge >= 0.3 is 0 Å². The summed E-state index contributed by atoms with van der Waals surface area (Å²) in [6, 6.07) is 18.2. The fourth-order valence-electron chi connectivity index (χ4n) is 3.07. The van der Waals surface area contributed by atoms with Crippen LogP contribution in [0.25, 0.3) is 0 Å². The Bertz CT molecular complexity index is 1190. The zero-order valence-corrected chi connectivity index (χ0v) is 19.6. The van der Waals surface area contributed by atoms with Crippen molar-refractivity contribution in [1.82, 2.24) is 0 Å². The van der Waals surface area contributed by atoms with Crippen LogP contribution in [0.5, 0.6) is 5.75 Å². The average Bonchev–Trinajstić information content (AvgIpc) is 2.75. The highest BCUT2D eigenvalue weighted by Gasteiger charge is 2.20. The third-order valence-electron chi connectivity index (χ3n) is 4.81. The third kappa shape index (κ3) is 6.02. The van der Waals surface area contributed by atoms with Gasteiger partial charge in [-0.1, -0.05) is 36.2 Å². The van der Waals surface area contributed by atoms with E-state index in [4.69, 9.17) is 16.3 Å². The molecule has 6 nitrogen and oxygen atoms in total. The summed E-state index contributed by atoms with van der Waals surface area (Å²) in [4.78, 5) is 12.7. The van der Waals surface area contributed by atoms with E-state index in [1.54, 1.807) is 42.5 Å². The van der Waals surface area contributed by atoms with Crippen LogP contribution in [0.15, 0.2) is 71.6 Å². The molecule has 3 aromatic carbocycles. The molecule has 0 aliphatic heterocycles. The number of hydrogen-bond donors (Lipinski definition) is 2. The van der Waals surface area contributed by atoms with Gasteiger partial charge in [-0.05, 0) is 80.4 Å². The van der Waals surface area contributed by atoms with E-state index in [9.17, 15) is 13.2 Å². The lowest BCUT2D eigenvalue weighted by Crippen LogP contribution is -2.32. The number of anilines is 2. The van der Waals surface area contributed by atoms with E-state index >= 15 is 0 Å². The zero-order valence-electron chi connectivity index (χ0n) is 18.1. The first-order chi connectivity index (χ1) is 15.2. The van der Waals surface area contributed by atoms with Gasteiger partial charge in [0.05, 0.1) is 10.6 Å². The lowest BCUT2D eigenvalue weighted by Gasteiger charge is -2.17. The summed E-state index contributed by atoms with van der Waals surface area (Å²) < 4.78 is 33.8. The summed E-state index contributed by atoms with van der Waals surface area (Å²) >= 11 is 5.87. The Balaban J connectivity index is 1.67. The van der Waals surface area contributed by atoms with Crippen molar-refractivity contribution in [2.75, 3.05) is 10.0 Å². The summed E-state index contributed by atoms with van der Waals surface area (Å²) in [5.74, 6) is 0.210. The predicted octanol–water partition coefficient (Wildman–Crippen LogP) is 5.55. The summed E-state index contributed by atoms with van der Waals surface area (Å²) in [6.07, 6.45) is -0.244. The Hall–Kier alpha value is -3.03. The molecule has 0 aromatic heterocycles. The number of carbonyl (C=O) groups excluding carboxylic acids is 1. The number of aryl methyl sites for hydroxylation is 2. The Labute approximate surface area is 193 Å². The second-order valence-electron chi connectivity index (χ2n) is 7.41. The van der Waals surface area contributed by atoms with Gasteiger partial charge in [-0.25, -0.2) is 8.42 Å². The lowest BCUT2D eigenvalue weighted by atomic mass is 10.1. The van der Waals surface area contributed by atoms with E-state index in [-0.39, 0.29) is 10.8 Å². The molecule has 1 atom stereocenters. The average molecular weight is 473 g/mol. The molecule has 32 heavy (non-hydrogen) atoms. The number of amides is 1. The van der Waals surface area contributed by atoms with Gasteiger partial charge in [-0.3, -0.25) is 9.52 Å². The number of rotatable bonds is 8. The predicted molar refractivity (Wildman–Crippen MR) is 128 cm³/mol. The molecule has 1 amide bonds. The summed E-state index contributed by atoms with van der Waals surface area (Å²) in [5, 5.41) is 3.34.